The Balaban J connectivity index is 1.35. The topological polar surface area (TPSA) is 102 Å². The van der Waals surface area contributed by atoms with Crippen molar-refractivity contribution in [3.63, 3.8) is 0 Å². The largest absolute Gasteiger partial charge is 0.481 e. The summed E-state index contributed by atoms with van der Waals surface area (Å²) in [6, 6.07) is 9.99. The number of pyridine rings is 1. The van der Waals surface area contributed by atoms with Crippen LogP contribution in [0, 0.1) is 5.92 Å². The van der Waals surface area contributed by atoms with Crippen molar-refractivity contribution in [1.82, 2.24) is 20.0 Å². The summed E-state index contributed by atoms with van der Waals surface area (Å²) < 4.78 is 11.2. The van der Waals surface area contributed by atoms with Gasteiger partial charge in [-0.2, -0.15) is 4.98 Å². The number of aromatic nitrogens is 3. The average molecular weight is 461 g/mol. The van der Waals surface area contributed by atoms with Gasteiger partial charge in [0, 0.05) is 41.8 Å². The van der Waals surface area contributed by atoms with Gasteiger partial charge in [0.05, 0.1) is 19.8 Å². The van der Waals surface area contributed by atoms with Crippen molar-refractivity contribution in [2.24, 2.45) is 5.92 Å². The van der Waals surface area contributed by atoms with Crippen LogP contribution in [0.15, 0.2) is 34.9 Å². The quantitative estimate of drug-likeness (QED) is 0.595. The van der Waals surface area contributed by atoms with Crippen LogP contribution in [0.5, 0.6) is 5.88 Å². The lowest BCUT2D eigenvalue weighted by molar-refractivity contribution is -0.129. The normalized spacial score (nSPS) is 21.8. The molecule has 3 aliphatic rings. The van der Waals surface area contributed by atoms with E-state index in [1.54, 1.807) is 7.11 Å². The zero-order valence-electron chi connectivity index (χ0n) is 19.2. The van der Waals surface area contributed by atoms with Crippen LogP contribution >= 0.6 is 0 Å². The van der Waals surface area contributed by atoms with Gasteiger partial charge in [-0.25, -0.2) is 4.98 Å². The van der Waals surface area contributed by atoms with E-state index >= 15 is 0 Å². The molecule has 2 atom stereocenters. The number of aliphatic hydroxyl groups is 1. The molecular formula is C26H28N4O4. The van der Waals surface area contributed by atoms with Crippen LogP contribution in [0.2, 0.25) is 0 Å². The summed E-state index contributed by atoms with van der Waals surface area (Å²) in [5.41, 5.74) is 5.07. The molecule has 1 N–H and O–H groups in total. The van der Waals surface area contributed by atoms with Crippen molar-refractivity contribution in [1.29, 1.82) is 0 Å². The molecule has 2 aromatic heterocycles. The summed E-state index contributed by atoms with van der Waals surface area (Å²) in [4.78, 5) is 23.7. The number of ether oxygens (including phenoxy) is 1. The van der Waals surface area contributed by atoms with E-state index in [-0.39, 0.29) is 24.5 Å². The molecule has 176 valence electrons. The third kappa shape index (κ3) is 3.48. The monoisotopic (exact) mass is 460 g/mol. The summed E-state index contributed by atoms with van der Waals surface area (Å²) in [6.45, 7) is 0.333. The average Bonchev–Trinajstić information content (AvgIpc) is 3.64. The second-order valence-corrected chi connectivity index (χ2v) is 9.52. The molecule has 0 bridgehead atoms. The minimum atomic E-state index is -0.0313. The third-order valence-electron chi connectivity index (χ3n) is 7.60. The van der Waals surface area contributed by atoms with Gasteiger partial charge in [-0.15, -0.1) is 0 Å². The molecule has 1 saturated heterocycles. The van der Waals surface area contributed by atoms with Crippen LogP contribution in [0.3, 0.4) is 0 Å². The van der Waals surface area contributed by atoms with Gasteiger partial charge >= 0.3 is 0 Å². The van der Waals surface area contributed by atoms with Gasteiger partial charge < -0.3 is 19.3 Å². The van der Waals surface area contributed by atoms with Gasteiger partial charge in [-0.05, 0) is 42.4 Å². The molecule has 1 aromatic carbocycles. The van der Waals surface area contributed by atoms with Gasteiger partial charge in [-0.3, -0.25) is 4.79 Å². The highest BCUT2D eigenvalue weighted by atomic mass is 16.5. The van der Waals surface area contributed by atoms with Crippen LogP contribution in [-0.2, 0) is 11.2 Å². The lowest BCUT2D eigenvalue weighted by Gasteiger charge is -2.24. The first-order chi connectivity index (χ1) is 16.7. The molecule has 6 rings (SSSR count). The first-order valence-corrected chi connectivity index (χ1v) is 12.1. The molecule has 0 radical (unpaired) electrons. The van der Waals surface area contributed by atoms with Gasteiger partial charge in [0.1, 0.15) is 0 Å². The van der Waals surface area contributed by atoms with Gasteiger partial charge in [0.25, 0.3) is 5.89 Å². The summed E-state index contributed by atoms with van der Waals surface area (Å²) in [6.07, 6.45) is 6.05. The number of β-amino-alcohol motifs (C(OH)–C–C–N with tert-alkyl or cyclic N) is 1. The van der Waals surface area contributed by atoms with Crippen molar-refractivity contribution in [3.05, 3.63) is 47.2 Å². The summed E-state index contributed by atoms with van der Waals surface area (Å²) >= 11 is 0. The number of carbonyl (C=O) groups is 1. The lowest BCUT2D eigenvalue weighted by Crippen LogP contribution is -2.30. The number of benzene rings is 1. The molecule has 1 aliphatic heterocycles. The maximum Gasteiger partial charge on any atom is 0.258 e. The van der Waals surface area contributed by atoms with Crippen LogP contribution in [0.4, 0.5) is 0 Å². The van der Waals surface area contributed by atoms with Gasteiger partial charge in [-0.1, -0.05) is 36.2 Å². The molecule has 1 saturated carbocycles. The SMILES string of the molecule is COc1cc(-c2nc(-c3cccc4c3C[C@H]3CC(=O)N(CCO)[C@@H]43)no2)cc(C2CCCC2)n1. The Hall–Kier alpha value is -3.26. The Morgan fingerprint density at radius 1 is 1.18 bits per heavy atom. The summed E-state index contributed by atoms with van der Waals surface area (Å²) in [5, 5.41) is 13.8. The Kier molecular flexibility index (Phi) is 5.32. The van der Waals surface area contributed by atoms with Crippen LogP contribution < -0.4 is 4.74 Å². The number of fused-ring (bicyclic) bond motifs is 3. The number of nitrogens with zero attached hydrogens (tertiary/aromatic N) is 4. The Morgan fingerprint density at radius 3 is 2.82 bits per heavy atom. The first-order valence-electron chi connectivity index (χ1n) is 12.1. The number of rotatable bonds is 6. The smallest absolute Gasteiger partial charge is 0.258 e. The van der Waals surface area contributed by atoms with Crippen LogP contribution in [0.25, 0.3) is 22.8 Å². The van der Waals surface area contributed by atoms with Crippen LogP contribution in [0.1, 0.15) is 60.9 Å². The Morgan fingerprint density at radius 2 is 2.03 bits per heavy atom. The van der Waals surface area contributed by atoms with E-state index in [0.29, 0.717) is 36.5 Å². The van der Waals surface area contributed by atoms with Crippen molar-refractivity contribution in [3.8, 4) is 28.7 Å². The molecular weight excluding hydrogens is 432 g/mol. The predicted molar refractivity (Wildman–Crippen MR) is 124 cm³/mol. The molecule has 0 spiro atoms. The molecule has 2 fully saturated rings. The highest BCUT2D eigenvalue weighted by molar-refractivity contribution is 5.81. The van der Waals surface area contributed by atoms with Crippen molar-refractivity contribution >= 4 is 5.91 Å². The van der Waals surface area contributed by atoms with Gasteiger partial charge in [0.15, 0.2) is 0 Å². The maximum atomic E-state index is 12.4. The van der Waals surface area contributed by atoms with E-state index in [9.17, 15) is 9.90 Å². The fraction of sp³-hybridized carbons (Fsp3) is 0.462. The number of hydrogen-bond acceptors (Lipinski definition) is 7. The fourth-order valence-corrected chi connectivity index (χ4v) is 6.06. The Bertz CT molecular complexity index is 1230. The molecule has 3 heterocycles. The number of likely N-dealkylation sites (tertiary alicyclic amines) is 1. The second-order valence-electron chi connectivity index (χ2n) is 9.52. The van der Waals surface area contributed by atoms with Crippen molar-refractivity contribution in [2.45, 2.75) is 50.5 Å². The van der Waals surface area contributed by atoms with E-state index in [4.69, 9.17) is 14.2 Å². The van der Waals surface area contributed by atoms with E-state index in [2.05, 4.69) is 16.2 Å². The number of carbonyl (C=O) groups excluding carboxylic acids is 1. The van der Waals surface area contributed by atoms with E-state index in [1.807, 2.05) is 29.2 Å². The summed E-state index contributed by atoms with van der Waals surface area (Å²) in [5.74, 6) is 2.33. The molecule has 8 heteroatoms. The van der Waals surface area contributed by atoms with E-state index in [0.717, 1.165) is 41.6 Å². The minimum Gasteiger partial charge on any atom is -0.481 e. The molecule has 0 unspecified atom stereocenters. The first kappa shape index (κ1) is 21.3. The maximum absolute atomic E-state index is 12.4. The van der Waals surface area contributed by atoms with Gasteiger partial charge in [0.2, 0.25) is 17.6 Å². The minimum absolute atomic E-state index is 0.0133. The molecule has 3 aromatic rings. The van der Waals surface area contributed by atoms with Crippen molar-refractivity contribution in [2.75, 3.05) is 20.3 Å². The highest BCUT2D eigenvalue weighted by Crippen LogP contribution is 2.49. The summed E-state index contributed by atoms with van der Waals surface area (Å²) in [7, 11) is 1.62. The third-order valence-corrected chi connectivity index (χ3v) is 7.60. The number of hydrogen-bond donors (Lipinski definition) is 1. The molecule has 34 heavy (non-hydrogen) atoms. The van der Waals surface area contributed by atoms with Crippen LogP contribution in [-0.4, -0.2) is 51.3 Å². The van der Waals surface area contributed by atoms with Crippen molar-refractivity contribution < 1.29 is 19.2 Å². The zero-order valence-corrected chi connectivity index (χ0v) is 19.2. The molecule has 1 amide bonds. The fourth-order valence-electron chi connectivity index (χ4n) is 6.06. The lowest BCUT2D eigenvalue weighted by atomic mass is 10.0. The molecule has 2 aliphatic carbocycles. The van der Waals surface area contributed by atoms with E-state index < -0.39 is 0 Å². The van der Waals surface area contributed by atoms with E-state index in [1.165, 1.54) is 18.4 Å². The number of methoxy groups -OCH3 is 1. The highest BCUT2D eigenvalue weighted by Gasteiger charge is 2.46. The number of aliphatic hydroxyl groups excluding tert-OH is 1. The number of amides is 1. The zero-order chi connectivity index (χ0) is 23.2. The standard InChI is InChI=1S/C26H28N4O4/c1-33-22-13-17(12-21(27-22)15-5-2-3-6-15)26-28-25(29-34-26)19-8-4-7-18-20(19)11-16-14-23(32)30(9-10-31)24(16)18/h4,7-8,12-13,15-16,24,31H,2-3,5-6,9-11,14H2,1H3/t16-,24+/m0/s1. The second kappa shape index (κ2) is 8.51. The molecule has 8 nitrogen and oxygen atoms in total. The predicted octanol–water partition coefficient (Wildman–Crippen LogP) is 3.90. The Labute approximate surface area is 198 Å².